The lowest BCUT2D eigenvalue weighted by atomic mass is 10.1. The van der Waals surface area contributed by atoms with Crippen LogP contribution in [0.15, 0.2) is 88.9 Å². The molecule has 0 unspecified atom stereocenters. The van der Waals surface area contributed by atoms with E-state index >= 15 is 0 Å². The number of thioether (sulfide) groups is 1. The Morgan fingerprint density at radius 3 is 2.56 bits per heavy atom. The minimum Gasteiger partial charge on any atom is -0.497 e. The highest BCUT2D eigenvalue weighted by Gasteiger charge is 2.24. The maximum absolute atomic E-state index is 5.32. The third-order valence-corrected chi connectivity index (χ3v) is 6.80. The molecular weight excluding hydrogens is 414 g/mol. The standard InChI is InChI=1S/C27H25N3OS/c1-19-7-6-10-22-15-23-18-30(17-21-11-13-24(31-2)14-12-21)27(32-26(23)29-25(19)22)28-16-20-8-4-3-5-9-20/h3-15H,16-18H2,1-2H3. The quantitative estimate of drug-likeness (QED) is 0.370. The molecule has 5 heteroatoms. The number of aliphatic imine (C=N–C) groups is 1. The van der Waals surface area contributed by atoms with E-state index in [2.05, 4.69) is 72.5 Å². The number of rotatable bonds is 5. The van der Waals surface area contributed by atoms with E-state index in [0.29, 0.717) is 6.54 Å². The molecule has 0 saturated carbocycles. The molecule has 2 heterocycles. The fraction of sp³-hybridized carbons (Fsp3) is 0.185. The predicted octanol–water partition coefficient (Wildman–Crippen LogP) is 6.22. The van der Waals surface area contributed by atoms with Crippen LogP contribution in [0.4, 0.5) is 0 Å². The van der Waals surface area contributed by atoms with Gasteiger partial charge in [0.15, 0.2) is 5.17 Å². The minimum absolute atomic E-state index is 0.657. The van der Waals surface area contributed by atoms with Crippen molar-refractivity contribution in [3.8, 4) is 5.75 Å². The van der Waals surface area contributed by atoms with E-state index in [0.717, 1.165) is 34.5 Å². The lowest BCUT2D eigenvalue weighted by Crippen LogP contribution is -2.31. The van der Waals surface area contributed by atoms with Crippen molar-refractivity contribution in [1.82, 2.24) is 9.88 Å². The van der Waals surface area contributed by atoms with E-state index in [1.807, 2.05) is 18.2 Å². The van der Waals surface area contributed by atoms with Crippen molar-refractivity contribution in [2.45, 2.75) is 31.6 Å². The summed E-state index contributed by atoms with van der Waals surface area (Å²) in [6.07, 6.45) is 0. The van der Waals surface area contributed by atoms with Gasteiger partial charge < -0.3 is 9.64 Å². The van der Waals surface area contributed by atoms with Crippen molar-refractivity contribution >= 4 is 27.8 Å². The molecule has 0 radical (unpaired) electrons. The smallest absolute Gasteiger partial charge is 0.166 e. The van der Waals surface area contributed by atoms with Crippen molar-refractivity contribution in [2.24, 2.45) is 4.99 Å². The van der Waals surface area contributed by atoms with Crippen molar-refractivity contribution in [2.75, 3.05) is 7.11 Å². The zero-order valence-electron chi connectivity index (χ0n) is 18.3. The molecule has 0 aliphatic carbocycles. The number of pyridine rings is 1. The van der Waals surface area contributed by atoms with Crippen LogP contribution in [-0.2, 0) is 19.6 Å². The fourth-order valence-corrected chi connectivity index (χ4v) is 4.90. The van der Waals surface area contributed by atoms with Gasteiger partial charge in [-0.15, -0.1) is 0 Å². The Balaban J connectivity index is 1.49. The third-order valence-electron chi connectivity index (χ3n) is 5.68. The molecule has 4 aromatic rings. The molecular formula is C27H25N3OS. The zero-order valence-corrected chi connectivity index (χ0v) is 19.1. The second-order valence-electron chi connectivity index (χ2n) is 7.99. The summed E-state index contributed by atoms with van der Waals surface area (Å²) in [6, 6.07) is 27.3. The molecule has 0 N–H and O–H groups in total. The number of benzene rings is 3. The number of hydrogen-bond donors (Lipinski definition) is 0. The molecule has 3 aromatic carbocycles. The maximum atomic E-state index is 5.32. The summed E-state index contributed by atoms with van der Waals surface area (Å²) in [4.78, 5) is 12.4. The van der Waals surface area contributed by atoms with Crippen LogP contribution in [0.25, 0.3) is 10.9 Å². The van der Waals surface area contributed by atoms with Crippen LogP contribution in [0.5, 0.6) is 5.75 Å². The average molecular weight is 440 g/mol. The Bertz CT molecular complexity index is 1270. The Kier molecular flexibility index (Phi) is 5.82. The van der Waals surface area contributed by atoms with Gasteiger partial charge in [-0.1, -0.05) is 60.7 Å². The number of para-hydroxylation sites is 1. The van der Waals surface area contributed by atoms with Gasteiger partial charge in [-0.25, -0.2) is 4.98 Å². The van der Waals surface area contributed by atoms with Gasteiger partial charge in [-0.05, 0) is 53.6 Å². The van der Waals surface area contributed by atoms with Gasteiger partial charge in [0, 0.05) is 24.0 Å². The molecule has 1 aromatic heterocycles. The molecule has 0 spiro atoms. The van der Waals surface area contributed by atoms with Gasteiger partial charge >= 0.3 is 0 Å². The maximum Gasteiger partial charge on any atom is 0.166 e. The SMILES string of the molecule is COc1ccc(CN2Cc3cc4cccc(C)c4nc3SC2=NCc2ccccc2)cc1. The number of fused-ring (bicyclic) bond motifs is 2. The molecule has 0 atom stereocenters. The van der Waals surface area contributed by atoms with E-state index in [1.54, 1.807) is 18.9 Å². The number of aromatic nitrogens is 1. The van der Waals surface area contributed by atoms with Gasteiger partial charge in [0.05, 0.1) is 19.2 Å². The number of methoxy groups -OCH3 is 1. The Labute approximate surface area is 193 Å². The Hall–Kier alpha value is -3.31. The molecule has 0 saturated heterocycles. The Morgan fingerprint density at radius 1 is 0.969 bits per heavy atom. The topological polar surface area (TPSA) is 37.7 Å². The van der Waals surface area contributed by atoms with E-state index in [-0.39, 0.29) is 0 Å². The average Bonchev–Trinajstić information content (AvgIpc) is 2.83. The number of hydrogen-bond acceptors (Lipinski definition) is 4. The van der Waals surface area contributed by atoms with E-state index in [1.165, 1.54) is 27.6 Å². The monoisotopic (exact) mass is 439 g/mol. The van der Waals surface area contributed by atoms with Crippen molar-refractivity contribution < 1.29 is 4.74 Å². The van der Waals surface area contributed by atoms with Gasteiger partial charge in [0.25, 0.3) is 0 Å². The molecule has 5 rings (SSSR count). The lowest BCUT2D eigenvalue weighted by Gasteiger charge is -2.31. The normalized spacial score (nSPS) is 14.6. The van der Waals surface area contributed by atoms with Crippen molar-refractivity contribution in [3.05, 3.63) is 101 Å². The molecule has 4 nitrogen and oxygen atoms in total. The second kappa shape index (κ2) is 9.05. The largest absolute Gasteiger partial charge is 0.497 e. The summed E-state index contributed by atoms with van der Waals surface area (Å²) >= 11 is 1.67. The lowest BCUT2D eigenvalue weighted by molar-refractivity contribution is 0.402. The van der Waals surface area contributed by atoms with Gasteiger partial charge in [-0.2, -0.15) is 0 Å². The van der Waals surface area contributed by atoms with Crippen LogP contribution in [0.2, 0.25) is 0 Å². The Morgan fingerprint density at radius 2 is 1.78 bits per heavy atom. The summed E-state index contributed by atoms with van der Waals surface area (Å²) < 4.78 is 5.32. The van der Waals surface area contributed by atoms with Crippen LogP contribution < -0.4 is 4.74 Å². The number of nitrogens with zero attached hydrogens (tertiary/aromatic N) is 3. The molecule has 0 bridgehead atoms. The summed E-state index contributed by atoms with van der Waals surface area (Å²) in [6.45, 7) is 4.36. The zero-order chi connectivity index (χ0) is 21.9. The van der Waals surface area contributed by atoms with Crippen LogP contribution in [0.3, 0.4) is 0 Å². The van der Waals surface area contributed by atoms with Crippen LogP contribution in [0.1, 0.15) is 22.3 Å². The highest BCUT2D eigenvalue weighted by atomic mass is 32.2. The first-order chi connectivity index (χ1) is 15.7. The van der Waals surface area contributed by atoms with Gasteiger partial charge in [-0.3, -0.25) is 4.99 Å². The first-order valence-electron chi connectivity index (χ1n) is 10.7. The summed E-state index contributed by atoms with van der Waals surface area (Å²) in [5.74, 6) is 0.871. The summed E-state index contributed by atoms with van der Waals surface area (Å²) in [7, 11) is 1.70. The number of ether oxygens (including phenoxy) is 1. The van der Waals surface area contributed by atoms with Crippen LogP contribution >= 0.6 is 11.8 Å². The highest BCUT2D eigenvalue weighted by Crippen LogP contribution is 2.35. The van der Waals surface area contributed by atoms with E-state index in [9.17, 15) is 0 Å². The molecule has 1 aliphatic rings. The van der Waals surface area contributed by atoms with Crippen molar-refractivity contribution in [1.29, 1.82) is 0 Å². The fourth-order valence-electron chi connectivity index (χ4n) is 3.95. The number of amidine groups is 1. The van der Waals surface area contributed by atoms with Crippen molar-refractivity contribution in [3.63, 3.8) is 0 Å². The van der Waals surface area contributed by atoms with E-state index < -0.39 is 0 Å². The molecule has 0 fully saturated rings. The van der Waals surface area contributed by atoms with Gasteiger partial charge in [0.1, 0.15) is 10.8 Å². The van der Waals surface area contributed by atoms with Crippen LogP contribution in [-0.4, -0.2) is 22.2 Å². The van der Waals surface area contributed by atoms with E-state index in [4.69, 9.17) is 14.7 Å². The molecule has 32 heavy (non-hydrogen) atoms. The summed E-state index contributed by atoms with van der Waals surface area (Å²) in [5, 5.41) is 3.26. The summed E-state index contributed by atoms with van der Waals surface area (Å²) in [5.41, 5.74) is 5.96. The second-order valence-corrected chi connectivity index (χ2v) is 8.95. The minimum atomic E-state index is 0.657. The molecule has 0 amide bonds. The number of aryl methyl sites for hydroxylation is 1. The first kappa shape index (κ1) is 20.6. The molecule has 160 valence electrons. The van der Waals surface area contributed by atoms with Crippen LogP contribution in [0, 0.1) is 6.92 Å². The van der Waals surface area contributed by atoms with Gasteiger partial charge in [0.2, 0.25) is 0 Å². The third kappa shape index (κ3) is 4.34. The first-order valence-corrected chi connectivity index (χ1v) is 11.5. The highest BCUT2D eigenvalue weighted by molar-refractivity contribution is 8.13. The molecule has 1 aliphatic heterocycles. The predicted molar refractivity (Wildman–Crippen MR) is 132 cm³/mol.